The third-order valence-electron chi connectivity index (χ3n) is 6.36. The monoisotopic (exact) mass is 412 g/mol. The van der Waals surface area contributed by atoms with Gasteiger partial charge in [-0.3, -0.25) is 9.59 Å². The summed E-state index contributed by atoms with van der Waals surface area (Å²) in [6, 6.07) is 23.0. The maximum Gasteiger partial charge on any atom is 0.254 e. The molecule has 0 saturated heterocycles. The highest BCUT2D eigenvalue weighted by Crippen LogP contribution is 2.45. The Morgan fingerprint density at radius 2 is 1.71 bits per heavy atom. The van der Waals surface area contributed by atoms with Crippen molar-refractivity contribution in [1.82, 2.24) is 10.2 Å². The highest BCUT2D eigenvalue weighted by atomic mass is 16.5. The van der Waals surface area contributed by atoms with Crippen molar-refractivity contribution in [2.24, 2.45) is 0 Å². The predicted molar refractivity (Wildman–Crippen MR) is 118 cm³/mol. The van der Waals surface area contributed by atoms with E-state index in [4.69, 9.17) is 4.74 Å². The second-order valence-corrected chi connectivity index (χ2v) is 7.99. The summed E-state index contributed by atoms with van der Waals surface area (Å²) in [7, 11) is 1.63. The minimum absolute atomic E-state index is 0.00359. The van der Waals surface area contributed by atoms with Crippen LogP contribution in [0.15, 0.2) is 72.8 Å². The highest BCUT2D eigenvalue weighted by molar-refractivity contribution is 6.01. The van der Waals surface area contributed by atoms with E-state index in [0.29, 0.717) is 18.7 Å². The Morgan fingerprint density at radius 1 is 1.00 bits per heavy atom. The Bertz CT molecular complexity index is 1160. The number of nitrogens with zero attached hydrogens (tertiary/aromatic N) is 1. The molecule has 1 N–H and O–H groups in total. The van der Waals surface area contributed by atoms with Crippen molar-refractivity contribution in [3.63, 3.8) is 0 Å². The molecule has 5 rings (SSSR count). The molecular formula is C26H24N2O3. The zero-order chi connectivity index (χ0) is 21.4. The molecule has 0 unspecified atom stereocenters. The van der Waals surface area contributed by atoms with Gasteiger partial charge in [0.25, 0.3) is 5.91 Å². The van der Waals surface area contributed by atoms with Crippen LogP contribution in [0, 0.1) is 0 Å². The number of carbonyl (C=O) groups is 2. The lowest BCUT2D eigenvalue weighted by molar-refractivity contribution is -0.124. The van der Waals surface area contributed by atoms with Crippen LogP contribution >= 0.6 is 0 Å². The SMILES string of the molecule is COc1ccccc1CNC(=O)[C@@H]1c2ccccc2C(=O)N2CCc3ccccc3[C@@H]12. The topological polar surface area (TPSA) is 58.6 Å². The van der Waals surface area contributed by atoms with Gasteiger partial charge in [-0.05, 0) is 35.2 Å². The minimum atomic E-state index is -0.468. The van der Waals surface area contributed by atoms with Crippen molar-refractivity contribution >= 4 is 11.8 Å². The zero-order valence-electron chi connectivity index (χ0n) is 17.4. The molecule has 156 valence electrons. The molecule has 2 amide bonds. The normalized spacial score (nSPS) is 19.1. The van der Waals surface area contributed by atoms with Gasteiger partial charge in [-0.25, -0.2) is 0 Å². The molecule has 0 radical (unpaired) electrons. The number of benzene rings is 3. The number of methoxy groups -OCH3 is 1. The Kier molecular flexibility index (Phi) is 4.94. The highest BCUT2D eigenvalue weighted by Gasteiger charge is 2.46. The van der Waals surface area contributed by atoms with Crippen LogP contribution in [0.2, 0.25) is 0 Å². The Morgan fingerprint density at radius 3 is 2.55 bits per heavy atom. The van der Waals surface area contributed by atoms with Crippen LogP contribution in [0.1, 0.15) is 44.6 Å². The van der Waals surface area contributed by atoms with Gasteiger partial charge in [-0.15, -0.1) is 0 Å². The van der Waals surface area contributed by atoms with Crippen LogP contribution in [0.5, 0.6) is 5.75 Å². The van der Waals surface area contributed by atoms with Gasteiger partial charge in [0.05, 0.1) is 19.1 Å². The number of ether oxygens (including phenoxy) is 1. The van der Waals surface area contributed by atoms with E-state index >= 15 is 0 Å². The summed E-state index contributed by atoms with van der Waals surface area (Å²) in [6.07, 6.45) is 0.802. The predicted octanol–water partition coefficient (Wildman–Crippen LogP) is 3.85. The molecule has 0 bridgehead atoms. The van der Waals surface area contributed by atoms with E-state index in [9.17, 15) is 9.59 Å². The smallest absolute Gasteiger partial charge is 0.254 e. The summed E-state index contributed by atoms with van der Waals surface area (Å²) in [6.45, 7) is 0.981. The summed E-state index contributed by atoms with van der Waals surface area (Å²) in [5, 5.41) is 3.11. The molecule has 2 atom stereocenters. The Hall–Kier alpha value is -3.60. The fourth-order valence-electron chi connectivity index (χ4n) is 4.90. The fraction of sp³-hybridized carbons (Fsp3) is 0.231. The molecule has 3 aromatic rings. The van der Waals surface area contributed by atoms with Crippen LogP contribution < -0.4 is 10.1 Å². The molecule has 31 heavy (non-hydrogen) atoms. The van der Waals surface area contributed by atoms with E-state index in [1.807, 2.05) is 71.6 Å². The molecule has 5 heteroatoms. The number of rotatable bonds is 4. The van der Waals surface area contributed by atoms with E-state index < -0.39 is 5.92 Å². The van der Waals surface area contributed by atoms with Crippen molar-refractivity contribution in [3.8, 4) is 5.75 Å². The molecule has 0 aliphatic carbocycles. The maximum absolute atomic E-state index is 13.6. The summed E-state index contributed by atoms with van der Waals surface area (Å²) < 4.78 is 5.42. The number of hydrogen-bond donors (Lipinski definition) is 1. The van der Waals surface area contributed by atoms with Gasteiger partial charge in [0.15, 0.2) is 0 Å². The largest absolute Gasteiger partial charge is 0.496 e. The molecule has 0 fully saturated rings. The second kappa shape index (κ2) is 7.91. The third kappa shape index (κ3) is 3.26. The molecule has 2 aliphatic heterocycles. The van der Waals surface area contributed by atoms with Crippen LogP contribution in [-0.2, 0) is 17.8 Å². The molecule has 0 aromatic heterocycles. The van der Waals surface area contributed by atoms with Gasteiger partial charge < -0.3 is 15.0 Å². The first-order valence-electron chi connectivity index (χ1n) is 10.6. The standard InChI is InChI=1S/C26H24N2O3/c1-31-22-13-7-3-9-18(22)16-27-25(29)23-20-11-5-6-12-21(20)26(30)28-15-14-17-8-2-4-10-19(17)24(23)28/h2-13,23-24H,14-16H2,1H3,(H,27,29)/t23-,24+/m1/s1. The number of fused-ring (bicyclic) bond motifs is 4. The van der Waals surface area contributed by atoms with Gasteiger partial charge in [-0.2, -0.15) is 0 Å². The maximum atomic E-state index is 13.6. The van der Waals surface area contributed by atoms with Crippen molar-refractivity contribution in [2.45, 2.75) is 24.9 Å². The lowest BCUT2D eigenvalue weighted by Crippen LogP contribution is -2.50. The number of para-hydroxylation sites is 1. The quantitative estimate of drug-likeness (QED) is 0.708. The van der Waals surface area contributed by atoms with E-state index in [1.54, 1.807) is 7.11 Å². The van der Waals surface area contributed by atoms with E-state index in [-0.39, 0.29) is 17.9 Å². The first-order valence-corrected chi connectivity index (χ1v) is 10.6. The first kappa shape index (κ1) is 19.4. The summed E-state index contributed by atoms with van der Waals surface area (Å²) in [4.78, 5) is 28.8. The molecule has 3 aromatic carbocycles. The number of hydrogen-bond acceptors (Lipinski definition) is 3. The average Bonchev–Trinajstić information content (AvgIpc) is 2.83. The minimum Gasteiger partial charge on any atom is -0.496 e. The van der Waals surface area contributed by atoms with Crippen molar-refractivity contribution in [2.75, 3.05) is 13.7 Å². The van der Waals surface area contributed by atoms with Crippen LogP contribution in [0.25, 0.3) is 0 Å². The van der Waals surface area contributed by atoms with Crippen LogP contribution in [-0.4, -0.2) is 30.4 Å². The fourth-order valence-corrected chi connectivity index (χ4v) is 4.90. The molecule has 2 aliphatic rings. The van der Waals surface area contributed by atoms with Crippen molar-refractivity contribution in [1.29, 1.82) is 0 Å². The lowest BCUT2D eigenvalue weighted by Gasteiger charge is -2.45. The van der Waals surface area contributed by atoms with E-state index in [2.05, 4.69) is 11.4 Å². The second-order valence-electron chi connectivity index (χ2n) is 7.99. The number of carbonyl (C=O) groups excluding carboxylic acids is 2. The molecule has 0 spiro atoms. The molecule has 0 saturated carbocycles. The first-order chi connectivity index (χ1) is 15.2. The van der Waals surface area contributed by atoms with E-state index in [1.165, 1.54) is 5.56 Å². The zero-order valence-corrected chi connectivity index (χ0v) is 17.4. The van der Waals surface area contributed by atoms with Crippen LogP contribution in [0.4, 0.5) is 0 Å². The Labute approximate surface area is 181 Å². The molecule has 2 heterocycles. The van der Waals surface area contributed by atoms with Gasteiger partial charge in [0.1, 0.15) is 5.75 Å². The average molecular weight is 412 g/mol. The molecule has 5 nitrogen and oxygen atoms in total. The van der Waals surface area contributed by atoms with Gasteiger partial charge in [0, 0.05) is 24.2 Å². The van der Waals surface area contributed by atoms with Crippen LogP contribution in [0.3, 0.4) is 0 Å². The van der Waals surface area contributed by atoms with Gasteiger partial charge >= 0.3 is 0 Å². The van der Waals surface area contributed by atoms with Crippen molar-refractivity contribution in [3.05, 3.63) is 101 Å². The van der Waals surface area contributed by atoms with Gasteiger partial charge in [-0.1, -0.05) is 60.7 Å². The lowest BCUT2D eigenvalue weighted by atomic mass is 9.76. The van der Waals surface area contributed by atoms with Gasteiger partial charge in [0.2, 0.25) is 5.91 Å². The summed E-state index contributed by atoms with van der Waals surface area (Å²) >= 11 is 0. The molecular weight excluding hydrogens is 388 g/mol. The number of nitrogens with one attached hydrogen (secondary N) is 1. The summed E-state index contributed by atoms with van der Waals surface area (Å²) in [5.74, 6) is 0.193. The summed E-state index contributed by atoms with van der Waals surface area (Å²) in [5.41, 5.74) is 4.60. The van der Waals surface area contributed by atoms with E-state index in [0.717, 1.165) is 28.9 Å². The Balaban J connectivity index is 1.54. The van der Waals surface area contributed by atoms with Crippen molar-refractivity contribution < 1.29 is 14.3 Å². The third-order valence-corrected chi connectivity index (χ3v) is 6.36. The number of amides is 2.